The summed E-state index contributed by atoms with van der Waals surface area (Å²) in [5, 5.41) is 4.55. The zero-order chi connectivity index (χ0) is 35.6. The highest BCUT2D eigenvalue weighted by atomic mass is 32.1. The molecule has 11 aromatic rings. The summed E-state index contributed by atoms with van der Waals surface area (Å²) >= 11 is 1.84. The predicted molar refractivity (Wildman–Crippen MR) is 225 cm³/mol. The maximum atomic E-state index is 6.43. The first-order valence-corrected chi connectivity index (χ1v) is 18.8. The van der Waals surface area contributed by atoms with Crippen LogP contribution in [0.15, 0.2) is 191 Å². The van der Waals surface area contributed by atoms with Crippen molar-refractivity contribution in [3.63, 3.8) is 0 Å². The van der Waals surface area contributed by atoms with E-state index in [4.69, 9.17) is 13.8 Å². The van der Waals surface area contributed by atoms with Gasteiger partial charge in [-0.1, -0.05) is 97.1 Å². The summed E-state index contributed by atoms with van der Waals surface area (Å²) in [6.45, 7) is 0. The molecule has 0 saturated carbocycles. The summed E-state index contributed by atoms with van der Waals surface area (Å²) in [5.41, 5.74) is 12.0. The Kier molecular flexibility index (Phi) is 7.00. The molecule has 0 saturated heterocycles. The van der Waals surface area contributed by atoms with Crippen molar-refractivity contribution in [3.05, 3.63) is 182 Å². The van der Waals surface area contributed by atoms with Gasteiger partial charge in [0.15, 0.2) is 5.58 Å². The number of thiophene rings is 1. The summed E-state index contributed by atoms with van der Waals surface area (Å²) in [4.78, 5) is 7.26. The second-order valence-electron chi connectivity index (χ2n) is 13.6. The van der Waals surface area contributed by atoms with Crippen LogP contribution >= 0.6 is 11.3 Å². The Labute approximate surface area is 314 Å². The molecule has 0 amide bonds. The Hall–Kier alpha value is -6.95. The summed E-state index contributed by atoms with van der Waals surface area (Å²) in [7, 11) is 0. The lowest BCUT2D eigenvalue weighted by Gasteiger charge is -2.26. The van der Waals surface area contributed by atoms with Gasteiger partial charge in [-0.2, -0.15) is 0 Å². The van der Waals surface area contributed by atoms with Crippen LogP contribution in [0.25, 0.3) is 86.9 Å². The topological polar surface area (TPSA) is 42.4 Å². The molecule has 0 aliphatic carbocycles. The molecular weight excluding hydrogens is 681 g/mol. The van der Waals surface area contributed by atoms with Crippen LogP contribution in [-0.2, 0) is 0 Å². The van der Waals surface area contributed by atoms with Crippen molar-refractivity contribution in [2.45, 2.75) is 0 Å². The predicted octanol–water partition coefficient (Wildman–Crippen LogP) is 14.6. The molecule has 5 heteroatoms. The molecule has 0 aliphatic rings. The molecule has 254 valence electrons. The molecule has 54 heavy (non-hydrogen) atoms. The average molecular weight is 711 g/mol. The number of aromatic nitrogens is 1. The molecule has 3 heterocycles. The minimum Gasteiger partial charge on any atom is -0.456 e. The van der Waals surface area contributed by atoms with Gasteiger partial charge in [-0.05, 0) is 107 Å². The third-order valence-corrected chi connectivity index (χ3v) is 11.5. The van der Waals surface area contributed by atoms with E-state index in [0.29, 0.717) is 5.89 Å². The largest absolute Gasteiger partial charge is 0.456 e. The molecule has 0 bridgehead atoms. The number of benzene rings is 8. The van der Waals surface area contributed by atoms with Crippen LogP contribution in [-0.4, -0.2) is 4.98 Å². The second-order valence-corrected chi connectivity index (χ2v) is 14.6. The van der Waals surface area contributed by atoms with Gasteiger partial charge in [0.25, 0.3) is 0 Å². The van der Waals surface area contributed by atoms with Gasteiger partial charge >= 0.3 is 0 Å². The summed E-state index contributed by atoms with van der Waals surface area (Å²) < 4.78 is 15.2. The lowest BCUT2D eigenvalue weighted by molar-refractivity contribution is 0.619. The van der Waals surface area contributed by atoms with Crippen molar-refractivity contribution in [3.8, 4) is 33.7 Å². The van der Waals surface area contributed by atoms with Gasteiger partial charge in [-0.3, -0.25) is 0 Å². The van der Waals surface area contributed by atoms with Gasteiger partial charge in [0, 0.05) is 48.2 Å². The van der Waals surface area contributed by atoms with Crippen LogP contribution in [0, 0.1) is 0 Å². The van der Waals surface area contributed by atoms with E-state index in [1.54, 1.807) is 0 Å². The van der Waals surface area contributed by atoms with E-state index in [9.17, 15) is 0 Å². The summed E-state index contributed by atoms with van der Waals surface area (Å²) in [6, 6.07) is 64.1. The van der Waals surface area contributed by atoms with Crippen molar-refractivity contribution < 1.29 is 8.83 Å². The van der Waals surface area contributed by atoms with Gasteiger partial charge in [-0.15, -0.1) is 11.3 Å². The number of fused-ring (bicyclic) bond motifs is 8. The van der Waals surface area contributed by atoms with Crippen molar-refractivity contribution in [2.24, 2.45) is 0 Å². The van der Waals surface area contributed by atoms with Crippen LogP contribution in [0.3, 0.4) is 0 Å². The van der Waals surface area contributed by atoms with E-state index in [1.807, 2.05) is 53.8 Å². The van der Waals surface area contributed by atoms with Crippen LogP contribution in [0.1, 0.15) is 0 Å². The SMILES string of the molecule is c1ccc(-c2ccc(N(c3ccc(-c4ccc5c(c4)oc4ccc6oc(-c7ccccc7)nc6c45)cc3)c3ccc4sc5ccccc5c4c3)cc2)cc1. The molecule has 0 aliphatic heterocycles. The average Bonchev–Trinajstić information content (AvgIpc) is 3.95. The fraction of sp³-hybridized carbons (Fsp3) is 0. The molecule has 0 atom stereocenters. The van der Waals surface area contributed by atoms with E-state index in [0.717, 1.165) is 66.8 Å². The number of nitrogens with zero attached hydrogens (tertiary/aromatic N) is 2. The minimum atomic E-state index is 0.605. The molecule has 8 aromatic carbocycles. The zero-order valence-electron chi connectivity index (χ0n) is 28.9. The fourth-order valence-electron chi connectivity index (χ4n) is 7.67. The Bertz CT molecular complexity index is 3140. The molecule has 0 N–H and O–H groups in total. The monoisotopic (exact) mass is 710 g/mol. The highest BCUT2D eigenvalue weighted by Crippen LogP contribution is 2.42. The van der Waals surface area contributed by atoms with Crippen LogP contribution < -0.4 is 4.90 Å². The summed E-state index contributed by atoms with van der Waals surface area (Å²) in [5.74, 6) is 0.605. The first kappa shape index (κ1) is 30.7. The number of hydrogen-bond acceptors (Lipinski definition) is 5. The van der Waals surface area contributed by atoms with E-state index in [2.05, 4.69) is 144 Å². The van der Waals surface area contributed by atoms with Gasteiger partial charge < -0.3 is 13.7 Å². The van der Waals surface area contributed by atoms with E-state index in [1.165, 1.54) is 31.3 Å². The third-order valence-electron chi connectivity index (χ3n) is 10.3. The minimum absolute atomic E-state index is 0.605. The molecular formula is C49H30N2O2S. The summed E-state index contributed by atoms with van der Waals surface area (Å²) in [6.07, 6.45) is 0. The Morgan fingerprint density at radius 3 is 1.74 bits per heavy atom. The highest BCUT2D eigenvalue weighted by Gasteiger charge is 2.18. The van der Waals surface area contributed by atoms with Crippen molar-refractivity contribution in [2.75, 3.05) is 4.90 Å². The van der Waals surface area contributed by atoms with Crippen molar-refractivity contribution in [1.82, 2.24) is 4.98 Å². The molecule has 3 aromatic heterocycles. The standard InChI is InChI=1S/C49H30N2O2S/c1-3-9-31(10-4-1)32-15-20-36(21-16-32)51(38-24-28-46-41(30-38)39-13-7-8-14-45(39)54-46)37-22-17-33(18-23-37)35-19-25-40-44(29-35)52-42-26-27-43-48(47(40)42)50-49(53-43)34-11-5-2-6-12-34/h1-30H. The Morgan fingerprint density at radius 2 is 0.981 bits per heavy atom. The van der Waals surface area contributed by atoms with E-state index < -0.39 is 0 Å². The van der Waals surface area contributed by atoms with Gasteiger partial charge in [-0.25, -0.2) is 4.98 Å². The lowest BCUT2D eigenvalue weighted by Crippen LogP contribution is -2.09. The normalized spacial score (nSPS) is 11.7. The number of oxazole rings is 1. The van der Waals surface area contributed by atoms with Gasteiger partial charge in [0.2, 0.25) is 5.89 Å². The van der Waals surface area contributed by atoms with Crippen molar-refractivity contribution >= 4 is 81.6 Å². The first-order valence-electron chi connectivity index (χ1n) is 18.0. The van der Waals surface area contributed by atoms with E-state index in [-0.39, 0.29) is 0 Å². The van der Waals surface area contributed by atoms with Crippen molar-refractivity contribution in [1.29, 1.82) is 0 Å². The van der Waals surface area contributed by atoms with Crippen LogP contribution in [0.5, 0.6) is 0 Å². The number of hydrogen-bond donors (Lipinski definition) is 0. The molecule has 0 fully saturated rings. The zero-order valence-corrected chi connectivity index (χ0v) is 29.8. The Morgan fingerprint density at radius 1 is 0.389 bits per heavy atom. The number of furan rings is 1. The van der Waals surface area contributed by atoms with Gasteiger partial charge in [0.05, 0.1) is 5.39 Å². The maximum Gasteiger partial charge on any atom is 0.227 e. The highest BCUT2D eigenvalue weighted by molar-refractivity contribution is 7.25. The van der Waals surface area contributed by atoms with Gasteiger partial charge in [0.1, 0.15) is 16.7 Å². The number of rotatable bonds is 6. The number of anilines is 3. The lowest BCUT2D eigenvalue weighted by atomic mass is 10.0. The quantitative estimate of drug-likeness (QED) is 0.172. The van der Waals surface area contributed by atoms with Crippen LogP contribution in [0.2, 0.25) is 0 Å². The third kappa shape index (κ3) is 5.09. The first-order chi connectivity index (χ1) is 26.7. The fourth-order valence-corrected chi connectivity index (χ4v) is 8.76. The Balaban J connectivity index is 0.983. The molecule has 0 unspecified atom stereocenters. The van der Waals surface area contributed by atoms with Crippen LogP contribution in [0.4, 0.5) is 17.1 Å². The van der Waals surface area contributed by atoms with E-state index >= 15 is 0 Å². The molecule has 0 spiro atoms. The molecule has 0 radical (unpaired) electrons. The second kappa shape index (κ2) is 12.3. The molecule has 4 nitrogen and oxygen atoms in total. The smallest absolute Gasteiger partial charge is 0.227 e. The molecule has 11 rings (SSSR count). The maximum absolute atomic E-state index is 6.43.